The summed E-state index contributed by atoms with van der Waals surface area (Å²) in [6.07, 6.45) is 8.71. The molecule has 23 heavy (non-hydrogen) atoms. The van der Waals surface area contributed by atoms with Gasteiger partial charge in [0.1, 0.15) is 0 Å². The van der Waals surface area contributed by atoms with Crippen molar-refractivity contribution >= 4 is 20.6 Å². The van der Waals surface area contributed by atoms with Crippen molar-refractivity contribution in [1.29, 1.82) is 0 Å². The van der Waals surface area contributed by atoms with E-state index in [0.29, 0.717) is 0 Å². The predicted molar refractivity (Wildman–Crippen MR) is 98.6 cm³/mol. The Balaban J connectivity index is 0.00000264. The van der Waals surface area contributed by atoms with Crippen LogP contribution in [0.15, 0.2) is 34.3 Å². The van der Waals surface area contributed by atoms with Crippen LogP contribution < -0.4 is 4.98 Å². The molecule has 0 radical (unpaired) electrons. The minimum Gasteiger partial charge on any atom is -0.660 e. The fourth-order valence-electron chi connectivity index (χ4n) is 2.24. The number of nitrogens with zero attached hydrogens (tertiary/aromatic N) is 3. The molecule has 0 saturated carbocycles. The maximum atomic E-state index is 4.51. The molecule has 0 spiro atoms. The summed E-state index contributed by atoms with van der Waals surface area (Å²) in [5, 5.41) is 2.82. The summed E-state index contributed by atoms with van der Waals surface area (Å²) >= 11 is 0. The van der Waals surface area contributed by atoms with E-state index in [1.54, 1.807) is 0 Å². The Labute approximate surface area is 151 Å². The van der Waals surface area contributed by atoms with Crippen LogP contribution in [0.1, 0.15) is 47.7 Å². The van der Waals surface area contributed by atoms with E-state index in [9.17, 15) is 0 Å². The molecule has 128 valence electrons. The molecule has 2 heterocycles. The van der Waals surface area contributed by atoms with E-state index in [2.05, 4.69) is 34.0 Å². The van der Waals surface area contributed by atoms with Crippen LogP contribution in [-0.4, -0.2) is 25.5 Å². The number of hydrogen-bond donors (Lipinski definition) is 0. The van der Waals surface area contributed by atoms with Gasteiger partial charge in [-0.25, -0.2) is 0 Å². The maximum absolute atomic E-state index is 4.51. The third-order valence-electron chi connectivity index (χ3n) is 3.43. The van der Waals surface area contributed by atoms with Gasteiger partial charge >= 0.3 is 17.1 Å². The molecule has 0 aliphatic rings. The van der Waals surface area contributed by atoms with Crippen molar-refractivity contribution in [3.63, 3.8) is 0 Å². The number of aromatic nitrogens is 1. The summed E-state index contributed by atoms with van der Waals surface area (Å²) in [7, 11) is 0.827. The molecule has 2 rings (SSSR count). The van der Waals surface area contributed by atoms with Crippen LogP contribution in [0.5, 0.6) is 0 Å². The zero-order valence-corrected chi connectivity index (χ0v) is 15.8. The van der Waals surface area contributed by atoms with Gasteiger partial charge in [0.2, 0.25) is 0 Å². The largest absolute Gasteiger partial charge is 1.00 e. The Morgan fingerprint density at radius 1 is 0.913 bits per heavy atom. The van der Waals surface area contributed by atoms with Crippen molar-refractivity contribution in [1.82, 2.24) is 4.98 Å². The fourth-order valence-corrected chi connectivity index (χ4v) is 3.18. The summed E-state index contributed by atoms with van der Waals surface area (Å²) in [6.45, 7) is 6.02. The molecule has 0 bridgehead atoms. The molecule has 1 atom stereocenters. The van der Waals surface area contributed by atoms with E-state index >= 15 is 0 Å². The summed E-state index contributed by atoms with van der Waals surface area (Å²) in [4.78, 5) is 13.3. The van der Waals surface area contributed by atoms with E-state index in [1.165, 1.54) is 29.9 Å². The number of unbranched alkanes of at least 4 members (excludes halogenated alkanes) is 3. The number of aryl methyl sites for hydroxylation is 2. The maximum Gasteiger partial charge on any atom is 1.00 e. The van der Waals surface area contributed by atoms with Gasteiger partial charge in [-0.2, -0.15) is 5.69 Å². The molecule has 0 N–H and O–H groups in total. The first-order chi connectivity index (χ1) is 10.7. The molecule has 0 aromatic carbocycles. The fraction of sp³-hybridized carbons (Fsp3) is 0.444. The van der Waals surface area contributed by atoms with Crippen LogP contribution in [0.3, 0.4) is 0 Å². The van der Waals surface area contributed by atoms with Crippen LogP contribution in [0.25, 0.3) is 0 Å². The molecular formula is C18H25CuN3P. The Bertz CT molecular complexity index is 559. The quantitative estimate of drug-likeness (QED) is 0.363. The van der Waals surface area contributed by atoms with Gasteiger partial charge in [0.15, 0.2) is 0 Å². The molecule has 1 unspecified atom stereocenters. The van der Waals surface area contributed by atoms with Crippen molar-refractivity contribution in [2.24, 2.45) is 9.98 Å². The van der Waals surface area contributed by atoms with Gasteiger partial charge in [0.05, 0.1) is 0 Å². The van der Waals surface area contributed by atoms with E-state index < -0.39 is 0 Å². The SMILES string of the molecule is Cc1ccc(C=NCCCCCCN=Cc2ccc(C)[pH]2)[n-]1.[Cu+]. The van der Waals surface area contributed by atoms with Crippen LogP contribution in [0.4, 0.5) is 0 Å². The first-order valence-electron chi connectivity index (χ1n) is 7.99. The second kappa shape index (κ2) is 11.5. The van der Waals surface area contributed by atoms with E-state index in [0.717, 1.165) is 39.1 Å². The van der Waals surface area contributed by atoms with E-state index in [1.807, 2.05) is 31.5 Å². The molecular weight excluding hydrogens is 353 g/mol. The Kier molecular flexibility index (Phi) is 9.94. The minimum atomic E-state index is 0. The second-order valence-electron chi connectivity index (χ2n) is 5.59. The first kappa shape index (κ1) is 20.0. The Hall–Kier alpha value is -1.08. The Morgan fingerprint density at radius 2 is 1.61 bits per heavy atom. The van der Waals surface area contributed by atoms with Gasteiger partial charge in [-0.05, 0) is 31.1 Å². The molecule has 5 heteroatoms. The molecule has 3 nitrogen and oxygen atoms in total. The second-order valence-corrected chi connectivity index (χ2v) is 7.21. The van der Waals surface area contributed by atoms with Gasteiger partial charge in [0.25, 0.3) is 0 Å². The van der Waals surface area contributed by atoms with Gasteiger partial charge in [0, 0.05) is 30.8 Å². The first-order valence-corrected chi connectivity index (χ1v) is 8.99. The average Bonchev–Trinajstić information content (AvgIpc) is 3.09. The minimum absolute atomic E-state index is 0. The average molecular weight is 378 g/mol. The predicted octanol–water partition coefficient (Wildman–Crippen LogP) is 4.39. The topological polar surface area (TPSA) is 38.8 Å². The molecule has 0 amide bonds. The van der Waals surface area contributed by atoms with Gasteiger partial charge in [-0.1, -0.05) is 38.0 Å². The van der Waals surface area contributed by atoms with E-state index in [-0.39, 0.29) is 17.1 Å². The van der Waals surface area contributed by atoms with Crippen molar-refractivity contribution in [2.45, 2.75) is 39.5 Å². The van der Waals surface area contributed by atoms with Crippen LogP contribution in [0.2, 0.25) is 0 Å². The summed E-state index contributed by atoms with van der Waals surface area (Å²) in [5.41, 5.74) is 2.03. The zero-order valence-electron chi connectivity index (χ0n) is 13.8. The molecule has 0 saturated heterocycles. The number of rotatable bonds is 9. The molecule has 0 fully saturated rings. The van der Waals surface area contributed by atoms with Gasteiger partial charge in [-0.15, -0.1) is 13.9 Å². The third-order valence-corrected chi connectivity index (χ3v) is 4.58. The van der Waals surface area contributed by atoms with Crippen molar-refractivity contribution in [2.75, 3.05) is 13.1 Å². The Morgan fingerprint density at radius 3 is 2.17 bits per heavy atom. The number of aliphatic imine (C=N–C) groups is 2. The van der Waals surface area contributed by atoms with Gasteiger partial charge in [-0.3, -0.25) is 9.98 Å². The normalized spacial score (nSPS) is 11.7. The van der Waals surface area contributed by atoms with Crippen molar-refractivity contribution in [3.8, 4) is 0 Å². The standard InChI is InChI=1S/C18H25N3P.Cu/c1-15-7-9-17(21-15)13-19-11-5-3-4-6-12-20-14-18-10-8-16(2)22-18;/h7-10,13-14,22H,3-6,11-12H2,1-2H3;/q-1;+1. The van der Waals surface area contributed by atoms with Crippen LogP contribution in [0, 0.1) is 13.8 Å². The molecule has 2 aromatic heterocycles. The summed E-state index contributed by atoms with van der Waals surface area (Å²) in [5.74, 6) is 0. The van der Waals surface area contributed by atoms with Crippen molar-refractivity contribution in [3.05, 3.63) is 46.2 Å². The third kappa shape index (κ3) is 8.36. The molecule has 0 aliphatic heterocycles. The zero-order chi connectivity index (χ0) is 15.6. The van der Waals surface area contributed by atoms with Gasteiger partial charge < -0.3 is 4.98 Å². The van der Waals surface area contributed by atoms with Crippen molar-refractivity contribution < 1.29 is 17.1 Å². The van der Waals surface area contributed by atoms with Crippen LogP contribution >= 0.6 is 8.19 Å². The van der Waals surface area contributed by atoms with Crippen LogP contribution in [-0.2, 0) is 17.1 Å². The van der Waals surface area contributed by atoms with E-state index in [4.69, 9.17) is 0 Å². The molecule has 0 aliphatic carbocycles. The molecule has 2 aromatic rings. The summed E-state index contributed by atoms with van der Waals surface area (Å²) in [6, 6.07) is 8.39. The summed E-state index contributed by atoms with van der Waals surface area (Å²) < 4.78 is 0. The smallest absolute Gasteiger partial charge is 0.660 e. The monoisotopic (exact) mass is 377 g/mol. The number of hydrogen-bond acceptors (Lipinski definition) is 2.